The average molecular weight is 234 g/mol. The highest BCUT2D eigenvalue weighted by atomic mass is 35.5. The van der Waals surface area contributed by atoms with Gasteiger partial charge in [-0.2, -0.15) is 8.75 Å². The van der Waals surface area contributed by atoms with E-state index >= 15 is 0 Å². The quantitative estimate of drug-likeness (QED) is 0.797. The van der Waals surface area contributed by atoms with E-state index in [1.54, 1.807) is 0 Å². The van der Waals surface area contributed by atoms with Crippen LogP contribution in [0.3, 0.4) is 0 Å². The molecule has 78 valence electrons. The Labute approximate surface area is 91.8 Å². The van der Waals surface area contributed by atoms with Gasteiger partial charge in [-0.05, 0) is 12.3 Å². The third-order valence-electron chi connectivity index (χ3n) is 2.59. The van der Waals surface area contributed by atoms with Gasteiger partial charge in [0, 0.05) is 13.1 Å². The van der Waals surface area contributed by atoms with Gasteiger partial charge in [0.25, 0.3) is 0 Å². The number of hydrogen-bond donors (Lipinski definition) is 1. The molecule has 6 heteroatoms. The van der Waals surface area contributed by atoms with Crippen LogP contribution in [0.2, 0.25) is 5.15 Å². The molecule has 0 amide bonds. The summed E-state index contributed by atoms with van der Waals surface area (Å²) in [5, 5.41) is 10.0. The average Bonchev–Trinajstić information content (AvgIpc) is 2.57. The third-order valence-corrected chi connectivity index (χ3v) is 3.46. The first-order valence-electron chi connectivity index (χ1n) is 4.59. The lowest BCUT2D eigenvalue weighted by Gasteiger charge is -2.34. The predicted octanol–water partition coefficient (Wildman–Crippen LogP) is 1.40. The van der Waals surface area contributed by atoms with E-state index in [0.29, 0.717) is 5.15 Å². The van der Waals surface area contributed by atoms with Crippen LogP contribution in [0.15, 0.2) is 0 Å². The zero-order chi connectivity index (χ0) is 10.1. The minimum atomic E-state index is -0.198. The number of piperidine rings is 1. The van der Waals surface area contributed by atoms with Gasteiger partial charge in [0.1, 0.15) is 0 Å². The Balaban J connectivity index is 2.10. The Morgan fingerprint density at radius 2 is 2.36 bits per heavy atom. The molecule has 1 fully saturated rings. The van der Waals surface area contributed by atoms with E-state index in [1.807, 2.05) is 6.92 Å². The molecular formula is C8H12ClN3OS. The van der Waals surface area contributed by atoms with Crippen molar-refractivity contribution in [3.63, 3.8) is 0 Å². The Hall–Kier alpha value is -0.390. The minimum absolute atomic E-state index is 0.198. The molecule has 0 radical (unpaired) electrons. The Morgan fingerprint density at radius 1 is 1.57 bits per heavy atom. The van der Waals surface area contributed by atoms with E-state index in [4.69, 9.17) is 11.6 Å². The molecule has 1 aromatic rings. The van der Waals surface area contributed by atoms with Gasteiger partial charge >= 0.3 is 0 Å². The second-order valence-corrected chi connectivity index (χ2v) is 4.54. The van der Waals surface area contributed by atoms with Crippen molar-refractivity contribution in [1.82, 2.24) is 8.75 Å². The van der Waals surface area contributed by atoms with Crippen molar-refractivity contribution in [3.8, 4) is 0 Å². The van der Waals surface area contributed by atoms with E-state index in [9.17, 15) is 5.11 Å². The van der Waals surface area contributed by atoms with Crippen LogP contribution in [0.1, 0.15) is 13.3 Å². The number of aliphatic hydroxyl groups excluding tert-OH is 1. The largest absolute Gasteiger partial charge is 0.393 e. The van der Waals surface area contributed by atoms with Gasteiger partial charge in [0.15, 0.2) is 11.0 Å². The smallest absolute Gasteiger partial charge is 0.187 e. The molecule has 1 aliphatic rings. The van der Waals surface area contributed by atoms with Gasteiger partial charge in [-0.25, -0.2) is 0 Å². The molecule has 0 bridgehead atoms. The molecule has 1 saturated heterocycles. The molecule has 0 aliphatic carbocycles. The van der Waals surface area contributed by atoms with Crippen molar-refractivity contribution in [1.29, 1.82) is 0 Å². The highest BCUT2D eigenvalue weighted by molar-refractivity contribution is 6.99. The van der Waals surface area contributed by atoms with Crippen LogP contribution in [0.25, 0.3) is 0 Å². The van der Waals surface area contributed by atoms with Crippen LogP contribution in [-0.2, 0) is 0 Å². The number of aliphatic hydroxyl groups is 1. The van der Waals surface area contributed by atoms with E-state index in [-0.39, 0.29) is 12.0 Å². The monoisotopic (exact) mass is 233 g/mol. The lowest BCUT2D eigenvalue weighted by atomic mass is 9.97. The summed E-state index contributed by atoms with van der Waals surface area (Å²) in [6.45, 7) is 3.63. The molecular weight excluding hydrogens is 222 g/mol. The molecule has 2 heterocycles. The predicted molar refractivity (Wildman–Crippen MR) is 56.9 cm³/mol. The lowest BCUT2D eigenvalue weighted by molar-refractivity contribution is 0.0969. The number of rotatable bonds is 1. The van der Waals surface area contributed by atoms with Crippen LogP contribution in [0.5, 0.6) is 0 Å². The summed E-state index contributed by atoms with van der Waals surface area (Å²) in [6, 6.07) is 0. The van der Waals surface area contributed by atoms with Crippen LogP contribution in [0, 0.1) is 5.92 Å². The number of nitrogens with zero attached hydrogens (tertiary/aromatic N) is 3. The molecule has 14 heavy (non-hydrogen) atoms. The zero-order valence-electron chi connectivity index (χ0n) is 7.85. The fraction of sp³-hybridized carbons (Fsp3) is 0.750. The molecule has 0 saturated carbocycles. The maximum Gasteiger partial charge on any atom is 0.187 e. The zero-order valence-corrected chi connectivity index (χ0v) is 9.42. The summed E-state index contributed by atoms with van der Waals surface area (Å²) in [7, 11) is 0. The van der Waals surface area contributed by atoms with Crippen molar-refractivity contribution in [2.24, 2.45) is 5.92 Å². The molecule has 1 aliphatic heterocycles. The van der Waals surface area contributed by atoms with Crippen molar-refractivity contribution < 1.29 is 5.11 Å². The second-order valence-electron chi connectivity index (χ2n) is 3.66. The van der Waals surface area contributed by atoms with Gasteiger partial charge in [-0.1, -0.05) is 18.5 Å². The fourth-order valence-electron chi connectivity index (χ4n) is 1.69. The first kappa shape index (κ1) is 10.1. The molecule has 2 rings (SSSR count). The van der Waals surface area contributed by atoms with E-state index < -0.39 is 0 Å². The highest BCUT2D eigenvalue weighted by Gasteiger charge is 2.26. The number of hydrogen-bond acceptors (Lipinski definition) is 5. The van der Waals surface area contributed by atoms with Gasteiger partial charge in [-0.15, -0.1) is 0 Å². The summed E-state index contributed by atoms with van der Waals surface area (Å²) >= 11 is 7.02. The second kappa shape index (κ2) is 4.00. The van der Waals surface area contributed by atoms with E-state index in [2.05, 4.69) is 13.6 Å². The number of halogens is 1. The normalized spacial score (nSPS) is 28.1. The molecule has 2 unspecified atom stereocenters. The highest BCUT2D eigenvalue weighted by Crippen LogP contribution is 2.27. The molecule has 1 aromatic heterocycles. The van der Waals surface area contributed by atoms with Crippen LogP contribution >= 0.6 is 23.3 Å². The first-order valence-corrected chi connectivity index (χ1v) is 5.70. The standard InChI is InChI=1S/C8H12ClN3OS/c1-5-4-12(3-2-6(5)13)8-7(9)10-14-11-8/h5-6,13H,2-4H2,1H3. The number of aromatic nitrogens is 2. The minimum Gasteiger partial charge on any atom is -0.393 e. The van der Waals surface area contributed by atoms with Gasteiger partial charge in [0.2, 0.25) is 0 Å². The summed E-state index contributed by atoms with van der Waals surface area (Å²) in [6.07, 6.45) is 0.575. The summed E-state index contributed by atoms with van der Waals surface area (Å²) < 4.78 is 8.07. The van der Waals surface area contributed by atoms with Crippen molar-refractivity contribution in [2.45, 2.75) is 19.4 Å². The molecule has 0 aromatic carbocycles. The van der Waals surface area contributed by atoms with Gasteiger partial charge in [-0.3, -0.25) is 0 Å². The first-order chi connectivity index (χ1) is 6.68. The van der Waals surface area contributed by atoms with E-state index in [1.165, 1.54) is 0 Å². The maximum atomic E-state index is 9.57. The van der Waals surface area contributed by atoms with E-state index in [0.717, 1.165) is 37.1 Å². The van der Waals surface area contributed by atoms with Crippen LogP contribution in [-0.4, -0.2) is 33.0 Å². The summed E-state index contributed by atoms with van der Waals surface area (Å²) in [5.74, 6) is 1.02. The molecule has 4 nitrogen and oxygen atoms in total. The van der Waals surface area contributed by atoms with Crippen LogP contribution in [0.4, 0.5) is 5.82 Å². The van der Waals surface area contributed by atoms with Crippen molar-refractivity contribution in [2.75, 3.05) is 18.0 Å². The summed E-state index contributed by atoms with van der Waals surface area (Å²) in [4.78, 5) is 2.09. The Morgan fingerprint density at radius 3 is 2.93 bits per heavy atom. The number of anilines is 1. The summed E-state index contributed by atoms with van der Waals surface area (Å²) in [5.41, 5.74) is 0. The van der Waals surface area contributed by atoms with Gasteiger partial charge in [0.05, 0.1) is 17.8 Å². The molecule has 2 atom stereocenters. The topological polar surface area (TPSA) is 49.2 Å². The SMILES string of the molecule is CC1CN(c2nsnc2Cl)CCC1O. The maximum absolute atomic E-state index is 9.57. The van der Waals surface area contributed by atoms with Crippen LogP contribution < -0.4 is 4.90 Å². The third kappa shape index (κ3) is 1.85. The van der Waals surface area contributed by atoms with Crippen molar-refractivity contribution >= 4 is 29.1 Å². The fourth-order valence-corrected chi connectivity index (χ4v) is 2.47. The Bertz CT molecular complexity index is 319. The van der Waals surface area contributed by atoms with Crippen molar-refractivity contribution in [3.05, 3.63) is 5.15 Å². The molecule has 1 N–H and O–H groups in total. The Kier molecular flexibility index (Phi) is 2.90. The lowest BCUT2D eigenvalue weighted by Crippen LogP contribution is -2.42. The van der Waals surface area contributed by atoms with Gasteiger partial charge < -0.3 is 10.0 Å². The molecule has 0 spiro atoms.